The SMILES string of the molecule is C#CC(CCCC[CH2])SC. The van der Waals surface area contributed by atoms with E-state index >= 15 is 0 Å². The van der Waals surface area contributed by atoms with Crippen LogP contribution < -0.4 is 0 Å². The monoisotopic (exact) mass is 155 g/mol. The molecule has 1 radical (unpaired) electrons. The Labute approximate surface area is 68.8 Å². The molecule has 0 N–H and O–H groups in total. The molecule has 0 nitrogen and oxygen atoms in total. The number of thioether (sulfide) groups is 1. The van der Waals surface area contributed by atoms with E-state index in [0.29, 0.717) is 5.25 Å². The van der Waals surface area contributed by atoms with Gasteiger partial charge in [-0.05, 0) is 12.7 Å². The maximum absolute atomic E-state index is 5.28. The highest BCUT2D eigenvalue weighted by atomic mass is 32.2. The predicted molar refractivity (Wildman–Crippen MR) is 50.0 cm³/mol. The normalized spacial score (nSPS) is 12.5. The molecule has 1 unspecified atom stereocenters. The van der Waals surface area contributed by atoms with Gasteiger partial charge in [0.25, 0.3) is 0 Å². The minimum absolute atomic E-state index is 0.423. The van der Waals surface area contributed by atoms with E-state index in [2.05, 4.69) is 19.1 Å². The van der Waals surface area contributed by atoms with Crippen molar-refractivity contribution in [3.63, 3.8) is 0 Å². The lowest BCUT2D eigenvalue weighted by Crippen LogP contribution is -1.96. The van der Waals surface area contributed by atoms with E-state index in [1.54, 1.807) is 11.8 Å². The van der Waals surface area contributed by atoms with Crippen LogP contribution in [0.4, 0.5) is 0 Å². The van der Waals surface area contributed by atoms with Crippen molar-refractivity contribution < 1.29 is 0 Å². The van der Waals surface area contributed by atoms with Gasteiger partial charge in [0.2, 0.25) is 0 Å². The maximum Gasteiger partial charge on any atom is 0.0651 e. The van der Waals surface area contributed by atoms with Crippen molar-refractivity contribution in [1.82, 2.24) is 0 Å². The topological polar surface area (TPSA) is 0 Å². The van der Waals surface area contributed by atoms with E-state index in [0.717, 1.165) is 12.8 Å². The Morgan fingerprint density at radius 2 is 2.30 bits per heavy atom. The standard InChI is InChI=1S/C9H15S/c1-4-6-7-8-9(5-2)10-3/h2,9H,1,4,6-8H2,3H3. The largest absolute Gasteiger partial charge is 0.149 e. The second-order valence-corrected chi connectivity index (χ2v) is 3.28. The molecule has 0 aliphatic heterocycles. The molecular formula is C9H15S. The van der Waals surface area contributed by atoms with Crippen molar-refractivity contribution in [2.24, 2.45) is 0 Å². The van der Waals surface area contributed by atoms with E-state index in [1.807, 2.05) is 0 Å². The van der Waals surface area contributed by atoms with E-state index in [4.69, 9.17) is 6.42 Å². The second-order valence-electron chi connectivity index (χ2n) is 2.24. The van der Waals surface area contributed by atoms with Gasteiger partial charge in [-0.15, -0.1) is 18.2 Å². The Hall–Kier alpha value is -0.0900. The number of rotatable bonds is 5. The molecule has 0 heterocycles. The Kier molecular flexibility index (Phi) is 6.96. The van der Waals surface area contributed by atoms with Crippen LogP contribution in [0.3, 0.4) is 0 Å². The molecule has 0 aromatic carbocycles. The quantitative estimate of drug-likeness (QED) is 0.434. The van der Waals surface area contributed by atoms with Gasteiger partial charge in [-0.25, -0.2) is 0 Å². The Morgan fingerprint density at radius 1 is 1.60 bits per heavy atom. The first-order chi connectivity index (χ1) is 4.85. The summed E-state index contributed by atoms with van der Waals surface area (Å²) in [5.41, 5.74) is 0. The highest BCUT2D eigenvalue weighted by molar-refractivity contribution is 7.99. The van der Waals surface area contributed by atoms with Gasteiger partial charge in [-0.2, -0.15) is 0 Å². The van der Waals surface area contributed by atoms with Crippen molar-refractivity contribution in [2.75, 3.05) is 6.26 Å². The fraction of sp³-hybridized carbons (Fsp3) is 0.667. The molecule has 1 heteroatoms. The molecule has 0 amide bonds. The molecule has 1 atom stereocenters. The summed E-state index contributed by atoms with van der Waals surface area (Å²) in [5, 5.41) is 0.423. The summed E-state index contributed by atoms with van der Waals surface area (Å²) in [7, 11) is 0. The second kappa shape index (κ2) is 7.02. The van der Waals surface area contributed by atoms with Crippen LogP contribution in [0.25, 0.3) is 0 Å². The molecule has 0 saturated heterocycles. The van der Waals surface area contributed by atoms with Crippen molar-refractivity contribution in [3.8, 4) is 12.3 Å². The van der Waals surface area contributed by atoms with Crippen molar-refractivity contribution in [3.05, 3.63) is 6.92 Å². The van der Waals surface area contributed by atoms with Gasteiger partial charge in [-0.1, -0.05) is 32.1 Å². The predicted octanol–water partition coefficient (Wildman–Crippen LogP) is 2.75. The van der Waals surface area contributed by atoms with Crippen LogP contribution in [0.2, 0.25) is 0 Å². The van der Waals surface area contributed by atoms with Crippen LogP contribution in [0, 0.1) is 19.3 Å². The van der Waals surface area contributed by atoms with E-state index < -0.39 is 0 Å². The molecule has 0 saturated carbocycles. The first-order valence-corrected chi connectivity index (χ1v) is 4.92. The number of hydrogen-bond donors (Lipinski definition) is 0. The summed E-state index contributed by atoms with van der Waals surface area (Å²) in [6.45, 7) is 3.78. The zero-order valence-electron chi connectivity index (χ0n) is 6.60. The van der Waals surface area contributed by atoms with Crippen LogP contribution in [0.5, 0.6) is 0 Å². The van der Waals surface area contributed by atoms with Gasteiger partial charge in [-0.3, -0.25) is 0 Å². The van der Waals surface area contributed by atoms with Crippen LogP contribution in [-0.2, 0) is 0 Å². The van der Waals surface area contributed by atoms with Gasteiger partial charge < -0.3 is 0 Å². The lowest BCUT2D eigenvalue weighted by molar-refractivity contribution is 0.708. The molecule has 10 heavy (non-hydrogen) atoms. The minimum atomic E-state index is 0.423. The number of terminal acetylenes is 1. The summed E-state index contributed by atoms with van der Waals surface area (Å²) < 4.78 is 0. The van der Waals surface area contributed by atoms with Crippen molar-refractivity contribution in [1.29, 1.82) is 0 Å². The molecule has 57 valence electrons. The first-order valence-electron chi connectivity index (χ1n) is 3.63. The summed E-state index contributed by atoms with van der Waals surface area (Å²) in [4.78, 5) is 0. The smallest absolute Gasteiger partial charge is 0.0651 e. The first kappa shape index (κ1) is 9.91. The molecule has 0 fully saturated rings. The highest BCUT2D eigenvalue weighted by Crippen LogP contribution is 2.13. The average molecular weight is 155 g/mol. The molecule has 0 aliphatic rings. The van der Waals surface area contributed by atoms with E-state index in [1.165, 1.54) is 12.8 Å². The van der Waals surface area contributed by atoms with Gasteiger partial charge in [0.05, 0.1) is 5.25 Å². The Bertz CT molecular complexity index is 102. The van der Waals surface area contributed by atoms with Gasteiger partial charge in [0.1, 0.15) is 0 Å². The number of unbranched alkanes of at least 4 members (excludes halogenated alkanes) is 2. The number of hydrogen-bond acceptors (Lipinski definition) is 1. The van der Waals surface area contributed by atoms with E-state index in [-0.39, 0.29) is 0 Å². The summed E-state index contributed by atoms with van der Waals surface area (Å²) in [6.07, 6.45) is 12.0. The Balaban J connectivity index is 3.20. The average Bonchev–Trinajstić information content (AvgIpc) is 1.99. The van der Waals surface area contributed by atoms with Gasteiger partial charge in [0, 0.05) is 0 Å². The third-order valence-electron chi connectivity index (χ3n) is 1.44. The van der Waals surface area contributed by atoms with Crippen LogP contribution in [0.15, 0.2) is 0 Å². The molecule has 0 spiro atoms. The summed E-state index contributed by atoms with van der Waals surface area (Å²) in [5.74, 6) is 2.75. The van der Waals surface area contributed by atoms with Gasteiger partial charge >= 0.3 is 0 Å². The van der Waals surface area contributed by atoms with Crippen molar-refractivity contribution in [2.45, 2.75) is 30.9 Å². The zero-order valence-corrected chi connectivity index (χ0v) is 7.41. The van der Waals surface area contributed by atoms with Crippen LogP contribution >= 0.6 is 11.8 Å². The van der Waals surface area contributed by atoms with Crippen LogP contribution in [0.1, 0.15) is 25.7 Å². The molecule has 0 aliphatic carbocycles. The summed E-state index contributed by atoms with van der Waals surface area (Å²) >= 11 is 1.76. The Morgan fingerprint density at radius 3 is 2.70 bits per heavy atom. The van der Waals surface area contributed by atoms with Crippen molar-refractivity contribution >= 4 is 11.8 Å². The van der Waals surface area contributed by atoms with Gasteiger partial charge in [0.15, 0.2) is 0 Å². The molecular weight excluding hydrogens is 140 g/mol. The lowest BCUT2D eigenvalue weighted by atomic mass is 10.1. The maximum atomic E-state index is 5.28. The fourth-order valence-electron chi connectivity index (χ4n) is 0.776. The molecule has 0 aromatic heterocycles. The fourth-order valence-corrected chi connectivity index (χ4v) is 1.31. The molecule has 0 rings (SSSR count). The third-order valence-corrected chi connectivity index (χ3v) is 2.38. The lowest BCUT2D eigenvalue weighted by Gasteiger charge is -2.04. The van der Waals surface area contributed by atoms with E-state index in [9.17, 15) is 0 Å². The third kappa shape index (κ3) is 4.76. The van der Waals surface area contributed by atoms with Crippen LogP contribution in [-0.4, -0.2) is 11.5 Å². The zero-order chi connectivity index (χ0) is 7.82. The highest BCUT2D eigenvalue weighted by Gasteiger charge is 1.99. The molecule has 0 aromatic rings. The molecule has 0 bridgehead atoms. The minimum Gasteiger partial charge on any atom is -0.149 e. The summed E-state index contributed by atoms with van der Waals surface area (Å²) in [6, 6.07) is 0.